The van der Waals surface area contributed by atoms with Crippen LogP contribution >= 0.6 is 11.8 Å². The van der Waals surface area contributed by atoms with Gasteiger partial charge in [-0.05, 0) is 31.5 Å². The molecule has 1 unspecified atom stereocenters. The molecule has 1 atom stereocenters. The highest BCUT2D eigenvalue weighted by molar-refractivity contribution is 7.99. The van der Waals surface area contributed by atoms with Crippen molar-refractivity contribution in [1.82, 2.24) is 5.32 Å². The maximum absolute atomic E-state index is 5.61. The summed E-state index contributed by atoms with van der Waals surface area (Å²) >= 11 is 1.87. The van der Waals surface area contributed by atoms with Gasteiger partial charge in [-0.1, -0.05) is 26.2 Å². The molecule has 1 aromatic carbocycles. The van der Waals surface area contributed by atoms with E-state index in [4.69, 9.17) is 9.47 Å². The van der Waals surface area contributed by atoms with Crippen LogP contribution in [-0.2, 0) is 0 Å². The Morgan fingerprint density at radius 2 is 2.00 bits per heavy atom. The van der Waals surface area contributed by atoms with E-state index in [1.54, 1.807) is 0 Å². The third-order valence-corrected chi connectivity index (χ3v) is 4.61. The highest BCUT2D eigenvalue weighted by Crippen LogP contribution is 2.33. The van der Waals surface area contributed by atoms with Crippen molar-refractivity contribution in [3.8, 4) is 11.5 Å². The highest BCUT2D eigenvalue weighted by Gasteiger charge is 2.11. The summed E-state index contributed by atoms with van der Waals surface area (Å²) in [4.78, 5) is 1.25. The molecule has 0 fully saturated rings. The smallest absolute Gasteiger partial charge is 0.162 e. The monoisotopic (exact) mass is 309 g/mol. The predicted molar refractivity (Wildman–Crippen MR) is 89.8 cm³/mol. The molecule has 1 heterocycles. The van der Waals surface area contributed by atoms with Crippen LogP contribution in [0.5, 0.6) is 11.5 Å². The van der Waals surface area contributed by atoms with Gasteiger partial charge < -0.3 is 14.8 Å². The SMILES string of the molecule is CCCCCC(C)NCCSc1ccc2c(c1)OCCO2. The quantitative estimate of drug-likeness (QED) is 0.549. The summed E-state index contributed by atoms with van der Waals surface area (Å²) in [6.07, 6.45) is 5.26. The minimum absolute atomic E-state index is 0.623. The molecule has 0 spiro atoms. The molecule has 0 saturated heterocycles. The van der Waals surface area contributed by atoms with Crippen molar-refractivity contribution >= 4 is 11.8 Å². The largest absolute Gasteiger partial charge is 0.486 e. The fourth-order valence-corrected chi connectivity index (χ4v) is 3.20. The minimum Gasteiger partial charge on any atom is -0.486 e. The van der Waals surface area contributed by atoms with Crippen molar-refractivity contribution in [1.29, 1.82) is 0 Å². The summed E-state index contributed by atoms with van der Waals surface area (Å²) < 4.78 is 11.1. The van der Waals surface area contributed by atoms with Crippen LogP contribution in [0.2, 0.25) is 0 Å². The summed E-state index contributed by atoms with van der Waals surface area (Å²) in [6, 6.07) is 6.84. The van der Waals surface area contributed by atoms with Gasteiger partial charge in [-0.2, -0.15) is 0 Å². The van der Waals surface area contributed by atoms with E-state index in [9.17, 15) is 0 Å². The van der Waals surface area contributed by atoms with E-state index in [2.05, 4.69) is 31.3 Å². The van der Waals surface area contributed by atoms with Gasteiger partial charge in [0.1, 0.15) is 13.2 Å². The first-order valence-corrected chi connectivity index (χ1v) is 9.04. The maximum atomic E-state index is 5.61. The van der Waals surface area contributed by atoms with Crippen LogP contribution in [0, 0.1) is 0 Å². The Bertz CT molecular complexity index is 425. The molecule has 1 aromatic rings. The van der Waals surface area contributed by atoms with Crippen LogP contribution in [0.15, 0.2) is 23.1 Å². The lowest BCUT2D eigenvalue weighted by atomic mass is 10.1. The van der Waals surface area contributed by atoms with Gasteiger partial charge in [0, 0.05) is 23.2 Å². The molecule has 0 radical (unpaired) electrons. The van der Waals surface area contributed by atoms with E-state index in [0.29, 0.717) is 19.3 Å². The van der Waals surface area contributed by atoms with Gasteiger partial charge in [-0.3, -0.25) is 0 Å². The second-order valence-electron chi connectivity index (χ2n) is 5.50. The van der Waals surface area contributed by atoms with E-state index in [-0.39, 0.29) is 0 Å². The van der Waals surface area contributed by atoms with E-state index < -0.39 is 0 Å². The Labute approximate surface area is 132 Å². The number of thioether (sulfide) groups is 1. The fourth-order valence-electron chi connectivity index (χ4n) is 2.39. The van der Waals surface area contributed by atoms with Crippen molar-refractivity contribution in [2.75, 3.05) is 25.5 Å². The fraction of sp³-hybridized carbons (Fsp3) is 0.647. The van der Waals surface area contributed by atoms with E-state index in [1.807, 2.05) is 17.8 Å². The minimum atomic E-state index is 0.623. The number of fused-ring (bicyclic) bond motifs is 1. The number of hydrogen-bond acceptors (Lipinski definition) is 4. The Morgan fingerprint density at radius 1 is 1.19 bits per heavy atom. The molecule has 1 aliphatic rings. The molecule has 1 aliphatic heterocycles. The number of unbranched alkanes of at least 4 members (excludes halogenated alkanes) is 2. The molecule has 3 nitrogen and oxygen atoms in total. The molecular weight excluding hydrogens is 282 g/mol. The van der Waals surface area contributed by atoms with Crippen LogP contribution in [0.25, 0.3) is 0 Å². The first-order chi connectivity index (χ1) is 10.3. The molecule has 0 bridgehead atoms. The molecule has 118 valence electrons. The standard InChI is InChI=1S/C17H27NO2S/c1-3-4-5-6-14(2)18-9-12-21-15-7-8-16-17(13-15)20-11-10-19-16/h7-8,13-14,18H,3-6,9-12H2,1-2H3. The lowest BCUT2D eigenvalue weighted by Gasteiger charge is -2.18. The average Bonchev–Trinajstić information content (AvgIpc) is 2.52. The molecule has 2 rings (SSSR count). The van der Waals surface area contributed by atoms with Crippen LogP contribution in [0.4, 0.5) is 0 Å². The topological polar surface area (TPSA) is 30.5 Å². The summed E-state index contributed by atoms with van der Waals surface area (Å²) in [5, 5.41) is 3.60. The summed E-state index contributed by atoms with van der Waals surface area (Å²) in [6.45, 7) is 6.89. The van der Waals surface area contributed by atoms with E-state index in [1.165, 1.54) is 30.6 Å². The van der Waals surface area contributed by atoms with Crippen molar-refractivity contribution in [3.63, 3.8) is 0 Å². The zero-order valence-corrected chi connectivity index (χ0v) is 14.0. The molecule has 0 aromatic heterocycles. The first-order valence-electron chi connectivity index (χ1n) is 8.05. The third-order valence-electron chi connectivity index (χ3n) is 3.62. The normalized spacial score (nSPS) is 15.0. The van der Waals surface area contributed by atoms with Gasteiger partial charge in [0.25, 0.3) is 0 Å². The first kappa shape index (κ1) is 16.5. The number of nitrogens with one attached hydrogen (secondary N) is 1. The maximum Gasteiger partial charge on any atom is 0.162 e. The van der Waals surface area contributed by atoms with Gasteiger partial charge >= 0.3 is 0 Å². The van der Waals surface area contributed by atoms with E-state index in [0.717, 1.165) is 23.8 Å². The summed E-state index contributed by atoms with van der Waals surface area (Å²) in [5.41, 5.74) is 0. The van der Waals surface area contributed by atoms with Crippen LogP contribution < -0.4 is 14.8 Å². The number of ether oxygens (including phenoxy) is 2. The number of hydrogen-bond donors (Lipinski definition) is 1. The van der Waals surface area contributed by atoms with E-state index >= 15 is 0 Å². The Balaban J connectivity index is 1.64. The molecule has 0 aliphatic carbocycles. The molecule has 21 heavy (non-hydrogen) atoms. The zero-order valence-electron chi connectivity index (χ0n) is 13.2. The molecule has 0 saturated carbocycles. The van der Waals surface area contributed by atoms with Crippen LogP contribution in [0.3, 0.4) is 0 Å². The average molecular weight is 309 g/mol. The van der Waals surface area contributed by atoms with Gasteiger partial charge in [0.2, 0.25) is 0 Å². The Hall–Kier alpha value is -0.870. The zero-order chi connectivity index (χ0) is 14.9. The van der Waals surface area contributed by atoms with Gasteiger partial charge in [-0.25, -0.2) is 0 Å². The number of benzene rings is 1. The number of rotatable bonds is 9. The lowest BCUT2D eigenvalue weighted by Crippen LogP contribution is -2.28. The van der Waals surface area contributed by atoms with Crippen LogP contribution in [0.1, 0.15) is 39.5 Å². The van der Waals surface area contributed by atoms with Gasteiger partial charge in [0.15, 0.2) is 11.5 Å². The lowest BCUT2D eigenvalue weighted by molar-refractivity contribution is 0.171. The second-order valence-corrected chi connectivity index (χ2v) is 6.67. The van der Waals surface area contributed by atoms with Crippen LogP contribution in [-0.4, -0.2) is 31.6 Å². The van der Waals surface area contributed by atoms with Gasteiger partial charge in [0.05, 0.1) is 0 Å². The molecule has 1 N–H and O–H groups in total. The second kappa shape index (κ2) is 9.21. The van der Waals surface area contributed by atoms with Crippen molar-refractivity contribution in [2.45, 2.75) is 50.5 Å². The summed E-state index contributed by atoms with van der Waals surface area (Å²) in [7, 11) is 0. The Morgan fingerprint density at radius 3 is 2.81 bits per heavy atom. The predicted octanol–water partition coefficient (Wildman–Crippen LogP) is 4.11. The Kier molecular flexibility index (Phi) is 7.24. The van der Waals surface area contributed by atoms with Crippen molar-refractivity contribution in [3.05, 3.63) is 18.2 Å². The molecule has 0 amide bonds. The van der Waals surface area contributed by atoms with Crippen molar-refractivity contribution in [2.24, 2.45) is 0 Å². The summed E-state index contributed by atoms with van der Waals surface area (Å²) in [5.74, 6) is 2.83. The third kappa shape index (κ3) is 5.79. The van der Waals surface area contributed by atoms with Gasteiger partial charge in [-0.15, -0.1) is 11.8 Å². The molecule has 4 heteroatoms. The molecular formula is C17H27NO2S. The highest BCUT2D eigenvalue weighted by atomic mass is 32.2. The van der Waals surface area contributed by atoms with Crippen molar-refractivity contribution < 1.29 is 9.47 Å².